The average molecular weight is 723 g/mol. The number of rotatable bonds is 4. The van der Waals surface area contributed by atoms with Crippen molar-refractivity contribution in [3.63, 3.8) is 0 Å². The summed E-state index contributed by atoms with van der Waals surface area (Å²) in [5.41, 5.74) is 16.7. The van der Waals surface area contributed by atoms with Crippen LogP contribution < -0.4 is 9.47 Å². The molecule has 3 aliphatic rings. The number of aromatic nitrogens is 2. The zero-order valence-electron chi connectivity index (χ0n) is 31.7. The molecular formula is C52H38N2O2. The lowest BCUT2D eigenvalue weighted by Gasteiger charge is -2.26. The molecule has 0 amide bonds. The van der Waals surface area contributed by atoms with E-state index in [4.69, 9.17) is 19.4 Å². The lowest BCUT2D eigenvalue weighted by molar-refractivity contribution is 0.361. The molecule has 1 aliphatic heterocycles. The first-order valence-corrected chi connectivity index (χ1v) is 19.3. The van der Waals surface area contributed by atoms with Gasteiger partial charge in [-0.15, -0.1) is 0 Å². The van der Waals surface area contributed by atoms with Crippen LogP contribution in [0.4, 0.5) is 0 Å². The molecule has 11 rings (SSSR count). The van der Waals surface area contributed by atoms with Crippen molar-refractivity contribution in [3.8, 4) is 90.3 Å². The molecule has 7 aromatic carbocycles. The van der Waals surface area contributed by atoms with Gasteiger partial charge >= 0.3 is 0 Å². The second-order valence-electron chi connectivity index (χ2n) is 16.2. The Morgan fingerprint density at radius 3 is 1.70 bits per heavy atom. The molecule has 4 heteroatoms. The summed E-state index contributed by atoms with van der Waals surface area (Å²) in [6.45, 7) is 9.17. The van der Waals surface area contributed by atoms with Crippen LogP contribution in [0.5, 0.6) is 23.0 Å². The van der Waals surface area contributed by atoms with E-state index in [0.29, 0.717) is 11.6 Å². The molecule has 0 spiro atoms. The Morgan fingerprint density at radius 2 is 0.929 bits per heavy atom. The van der Waals surface area contributed by atoms with Crippen LogP contribution in [0.1, 0.15) is 49.9 Å². The largest absolute Gasteiger partial charge is 0.449 e. The number of nitrogens with zero attached hydrogens (tertiary/aromatic N) is 2. The van der Waals surface area contributed by atoms with Gasteiger partial charge in [0.2, 0.25) is 0 Å². The molecule has 0 saturated carbocycles. The fraction of sp³-hybridized carbons (Fsp3) is 0.115. The van der Waals surface area contributed by atoms with Crippen LogP contribution in [0.3, 0.4) is 0 Å². The van der Waals surface area contributed by atoms with Crippen LogP contribution in [0.15, 0.2) is 158 Å². The number of hydrogen-bond acceptors (Lipinski definition) is 4. The third kappa shape index (κ3) is 4.78. The van der Waals surface area contributed by atoms with E-state index in [0.717, 1.165) is 62.0 Å². The van der Waals surface area contributed by atoms with Crippen molar-refractivity contribution < 1.29 is 9.47 Å². The standard InChI is InChI=1S/C52H38N2O2/c1-51(2)40-19-11-9-16-38(40)47-41(51)27-28-46-49(47)56-45-20-12-17-35(48(45)55-46)31-21-23-33(24-22-31)44-30-43(32-13-6-5-7-14-32)53-50(54-44)34-25-26-37-36-15-8-10-18-39(36)52(3,4)42(37)29-34/h5-30H,1-4H3. The van der Waals surface area contributed by atoms with Gasteiger partial charge in [-0.05, 0) is 68.8 Å². The second kappa shape index (κ2) is 11.9. The highest BCUT2D eigenvalue weighted by atomic mass is 16.6. The van der Waals surface area contributed by atoms with Crippen LogP contribution in [-0.4, -0.2) is 9.97 Å². The molecule has 0 atom stereocenters. The quantitative estimate of drug-likeness (QED) is 0.181. The zero-order valence-corrected chi connectivity index (χ0v) is 31.7. The Morgan fingerprint density at radius 1 is 0.375 bits per heavy atom. The average Bonchev–Trinajstić information content (AvgIpc) is 3.62. The summed E-state index contributed by atoms with van der Waals surface area (Å²) in [5.74, 6) is 3.65. The van der Waals surface area contributed by atoms with Crippen LogP contribution in [0.2, 0.25) is 0 Å². The molecule has 0 fully saturated rings. The molecular weight excluding hydrogens is 685 g/mol. The first-order chi connectivity index (χ1) is 27.3. The van der Waals surface area contributed by atoms with E-state index in [1.165, 1.54) is 38.9 Å². The molecule has 0 unspecified atom stereocenters. The molecule has 4 nitrogen and oxygen atoms in total. The van der Waals surface area contributed by atoms with Gasteiger partial charge in [0.1, 0.15) is 0 Å². The van der Waals surface area contributed by atoms with Gasteiger partial charge < -0.3 is 9.47 Å². The third-order valence-electron chi connectivity index (χ3n) is 12.2. The highest BCUT2D eigenvalue weighted by Gasteiger charge is 2.40. The minimum absolute atomic E-state index is 0.118. The normalized spacial score (nSPS) is 14.6. The maximum absolute atomic E-state index is 6.75. The SMILES string of the molecule is CC1(C)c2ccccc2-c2ccc(-c3nc(-c4ccccc4)cc(-c4ccc(-c5cccc6c5Oc5ccc7c(c5O6)-c5ccccc5C7(C)C)cc4)n3)cc21. The van der Waals surface area contributed by atoms with Gasteiger partial charge in [0.05, 0.1) is 11.4 Å². The van der Waals surface area contributed by atoms with Crippen molar-refractivity contribution >= 4 is 0 Å². The Balaban J connectivity index is 0.963. The van der Waals surface area contributed by atoms with Crippen LogP contribution in [0.25, 0.3) is 67.3 Å². The summed E-state index contributed by atoms with van der Waals surface area (Å²) in [7, 11) is 0. The number of hydrogen-bond donors (Lipinski definition) is 0. The van der Waals surface area contributed by atoms with Crippen molar-refractivity contribution in [1.29, 1.82) is 0 Å². The van der Waals surface area contributed by atoms with Crippen molar-refractivity contribution in [1.82, 2.24) is 9.97 Å². The molecule has 1 aromatic heterocycles. The molecule has 2 aliphatic carbocycles. The monoisotopic (exact) mass is 722 g/mol. The first kappa shape index (κ1) is 32.6. The summed E-state index contributed by atoms with van der Waals surface area (Å²) in [6.07, 6.45) is 0. The summed E-state index contributed by atoms with van der Waals surface area (Å²) in [5, 5.41) is 0. The minimum Gasteiger partial charge on any atom is -0.449 e. The van der Waals surface area contributed by atoms with E-state index in [1.807, 2.05) is 18.2 Å². The topological polar surface area (TPSA) is 44.2 Å². The van der Waals surface area contributed by atoms with Gasteiger partial charge in [-0.2, -0.15) is 0 Å². The van der Waals surface area contributed by atoms with Gasteiger partial charge in [0.15, 0.2) is 28.8 Å². The zero-order chi connectivity index (χ0) is 37.8. The van der Waals surface area contributed by atoms with E-state index in [2.05, 4.69) is 167 Å². The fourth-order valence-electron chi connectivity index (χ4n) is 9.22. The van der Waals surface area contributed by atoms with Gasteiger partial charge in [0.25, 0.3) is 0 Å². The minimum atomic E-state index is -0.120. The molecule has 0 radical (unpaired) electrons. The smallest absolute Gasteiger partial charge is 0.178 e. The predicted molar refractivity (Wildman–Crippen MR) is 225 cm³/mol. The molecule has 8 aromatic rings. The van der Waals surface area contributed by atoms with E-state index in [1.54, 1.807) is 0 Å². The first-order valence-electron chi connectivity index (χ1n) is 19.3. The van der Waals surface area contributed by atoms with Crippen molar-refractivity contribution in [2.45, 2.75) is 38.5 Å². The fourth-order valence-corrected chi connectivity index (χ4v) is 9.22. The van der Waals surface area contributed by atoms with Gasteiger partial charge in [0, 0.05) is 38.6 Å². The Kier molecular flexibility index (Phi) is 6.91. The highest BCUT2D eigenvalue weighted by molar-refractivity contribution is 5.89. The highest BCUT2D eigenvalue weighted by Crippen LogP contribution is 2.59. The maximum atomic E-state index is 6.75. The lowest BCUT2D eigenvalue weighted by Crippen LogP contribution is -2.15. The molecule has 0 N–H and O–H groups in total. The van der Waals surface area contributed by atoms with E-state index >= 15 is 0 Å². The molecule has 56 heavy (non-hydrogen) atoms. The summed E-state index contributed by atoms with van der Waals surface area (Å²) >= 11 is 0. The molecule has 268 valence electrons. The van der Waals surface area contributed by atoms with Gasteiger partial charge in [-0.1, -0.05) is 161 Å². The summed E-state index contributed by atoms with van der Waals surface area (Å²) in [6, 6.07) is 55.4. The number of benzene rings is 7. The summed E-state index contributed by atoms with van der Waals surface area (Å²) < 4.78 is 13.5. The van der Waals surface area contributed by atoms with Gasteiger partial charge in [-0.25, -0.2) is 9.97 Å². The molecule has 0 saturated heterocycles. The van der Waals surface area contributed by atoms with E-state index in [-0.39, 0.29) is 10.8 Å². The number of para-hydroxylation sites is 1. The molecule has 2 heterocycles. The second-order valence-corrected chi connectivity index (χ2v) is 16.2. The Labute approximate surface area is 327 Å². The predicted octanol–water partition coefficient (Wildman–Crippen LogP) is 13.7. The van der Waals surface area contributed by atoms with Gasteiger partial charge in [-0.3, -0.25) is 0 Å². The maximum Gasteiger partial charge on any atom is 0.178 e. The third-order valence-corrected chi connectivity index (χ3v) is 12.2. The molecule has 0 bridgehead atoms. The summed E-state index contributed by atoms with van der Waals surface area (Å²) in [4.78, 5) is 10.4. The lowest BCUT2D eigenvalue weighted by atomic mass is 9.82. The van der Waals surface area contributed by atoms with E-state index < -0.39 is 0 Å². The van der Waals surface area contributed by atoms with Crippen LogP contribution in [0, 0.1) is 0 Å². The van der Waals surface area contributed by atoms with E-state index in [9.17, 15) is 0 Å². The Hall–Kier alpha value is -6.78. The van der Waals surface area contributed by atoms with Crippen molar-refractivity contribution in [3.05, 3.63) is 180 Å². The number of ether oxygens (including phenoxy) is 2. The van der Waals surface area contributed by atoms with Crippen molar-refractivity contribution in [2.75, 3.05) is 0 Å². The van der Waals surface area contributed by atoms with Crippen LogP contribution >= 0.6 is 0 Å². The Bertz CT molecular complexity index is 2910. The van der Waals surface area contributed by atoms with Crippen molar-refractivity contribution in [2.24, 2.45) is 0 Å². The van der Waals surface area contributed by atoms with Crippen LogP contribution in [-0.2, 0) is 10.8 Å². The number of fused-ring (bicyclic) bond motifs is 9.